The number of carbonyl (C=O) groups is 2. The molecule has 4 aromatic rings. The Bertz CT molecular complexity index is 1320. The highest BCUT2D eigenvalue weighted by Crippen LogP contribution is 2.32. The van der Waals surface area contributed by atoms with Crippen molar-refractivity contribution in [1.29, 1.82) is 0 Å². The molecule has 3 heterocycles. The molecule has 0 radical (unpaired) electrons. The summed E-state index contributed by atoms with van der Waals surface area (Å²) in [4.78, 5) is 28.2. The van der Waals surface area contributed by atoms with Crippen molar-refractivity contribution in [2.45, 2.75) is 38.9 Å². The zero-order valence-electron chi connectivity index (χ0n) is 19.1. The SMILES string of the molecule is CCOc1cccc2cc(C(C)NC(=O)C3Cc4ccccc4CN3C(=O)c3ccco3)oc12. The molecule has 2 aromatic carbocycles. The number of fused-ring (bicyclic) bond motifs is 2. The number of hydrogen-bond acceptors (Lipinski definition) is 5. The molecule has 2 amide bonds. The van der Waals surface area contributed by atoms with Crippen molar-refractivity contribution in [3.63, 3.8) is 0 Å². The fourth-order valence-electron chi connectivity index (χ4n) is 4.43. The molecule has 2 aromatic heterocycles. The quantitative estimate of drug-likeness (QED) is 0.446. The third-order valence-corrected chi connectivity index (χ3v) is 6.16. The molecule has 174 valence electrons. The molecular formula is C27H26N2O5. The third-order valence-electron chi connectivity index (χ3n) is 6.16. The van der Waals surface area contributed by atoms with Gasteiger partial charge in [-0.2, -0.15) is 0 Å². The van der Waals surface area contributed by atoms with Gasteiger partial charge in [-0.15, -0.1) is 0 Å². The third kappa shape index (κ3) is 4.05. The summed E-state index contributed by atoms with van der Waals surface area (Å²) < 4.78 is 17.0. The average molecular weight is 459 g/mol. The van der Waals surface area contributed by atoms with Gasteiger partial charge < -0.3 is 23.8 Å². The summed E-state index contributed by atoms with van der Waals surface area (Å²) in [5.41, 5.74) is 2.74. The molecule has 7 nitrogen and oxygen atoms in total. The Morgan fingerprint density at radius 2 is 1.94 bits per heavy atom. The van der Waals surface area contributed by atoms with Crippen molar-refractivity contribution >= 4 is 22.8 Å². The summed E-state index contributed by atoms with van der Waals surface area (Å²) in [5, 5.41) is 3.95. The van der Waals surface area contributed by atoms with Gasteiger partial charge in [-0.25, -0.2) is 0 Å². The Balaban J connectivity index is 1.40. The smallest absolute Gasteiger partial charge is 0.290 e. The Morgan fingerprint density at radius 1 is 1.12 bits per heavy atom. The van der Waals surface area contributed by atoms with Gasteiger partial charge in [0.2, 0.25) is 5.91 Å². The van der Waals surface area contributed by atoms with Crippen LogP contribution in [0.5, 0.6) is 5.75 Å². The monoisotopic (exact) mass is 458 g/mol. The molecule has 0 saturated heterocycles. The molecule has 34 heavy (non-hydrogen) atoms. The van der Waals surface area contributed by atoms with Crippen LogP contribution in [0.1, 0.15) is 47.3 Å². The fraction of sp³-hybridized carbons (Fsp3) is 0.259. The molecule has 0 aliphatic carbocycles. The van der Waals surface area contributed by atoms with Crippen LogP contribution in [-0.2, 0) is 17.8 Å². The van der Waals surface area contributed by atoms with Crippen LogP contribution in [0.25, 0.3) is 11.0 Å². The van der Waals surface area contributed by atoms with Gasteiger partial charge in [-0.1, -0.05) is 36.4 Å². The topological polar surface area (TPSA) is 84.9 Å². The fourth-order valence-corrected chi connectivity index (χ4v) is 4.43. The van der Waals surface area contributed by atoms with Gasteiger partial charge in [-0.3, -0.25) is 9.59 Å². The van der Waals surface area contributed by atoms with Crippen LogP contribution in [0.3, 0.4) is 0 Å². The maximum Gasteiger partial charge on any atom is 0.290 e. The minimum atomic E-state index is -0.668. The molecule has 0 saturated carbocycles. The van der Waals surface area contributed by atoms with Gasteiger partial charge in [0.1, 0.15) is 11.8 Å². The van der Waals surface area contributed by atoms with Crippen molar-refractivity contribution in [1.82, 2.24) is 10.2 Å². The van der Waals surface area contributed by atoms with Crippen LogP contribution in [0, 0.1) is 0 Å². The Morgan fingerprint density at radius 3 is 2.71 bits per heavy atom. The van der Waals surface area contributed by atoms with Gasteiger partial charge in [0, 0.05) is 18.4 Å². The first-order valence-electron chi connectivity index (χ1n) is 11.4. The lowest BCUT2D eigenvalue weighted by molar-refractivity contribution is -0.127. The summed E-state index contributed by atoms with van der Waals surface area (Å²) in [7, 11) is 0. The molecular weight excluding hydrogens is 432 g/mol. The van der Waals surface area contributed by atoms with E-state index in [1.54, 1.807) is 17.0 Å². The van der Waals surface area contributed by atoms with E-state index in [4.69, 9.17) is 13.6 Å². The normalized spacial score (nSPS) is 16.2. The van der Waals surface area contributed by atoms with E-state index >= 15 is 0 Å². The molecule has 2 atom stereocenters. The van der Waals surface area contributed by atoms with Crippen LogP contribution in [0.2, 0.25) is 0 Å². The highest BCUT2D eigenvalue weighted by molar-refractivity contribution is 5.96. The van der Waals surface area contributed by atoms with Crippen LogP contribution < -0.4 is 10.1 Å². The van der Waals surface area contributed by atoms with E-state index in [1.165, 1.54) is 6.26 Å². The Labute approximate surface area is 197 Å². The van der Waals surface area contributed by atoms with Gasteiger partial charge in [0.25, 0.3) is 5.91 Å². The maximum atomic E-state index is 13.5. The second-order valence-corrected chi connectivity index (χ2v) is 8.39. The van der Waals surface area contributed by atoms with Crippen LogP contribution in [-0.4, -0.2) is 29.4 Å². The molecule has 7 heteroatoms. The highest BCUT2D eigenvalue weighted by Gasteiger charge is 2.36. The molecule has 0 fully saturated rings. The second-order valence-electron chi connectivity index (χ2n) is 8.39. The van der Waals surface area contributed by atoms with Crippen molar-refractivity contribution in [2.24, 2.45) is 0 Å². The first-order valence-corrected chi connectivity index (χ1v) is 11.4. The first-order chi connectivity index (χ1) is 16.5. The van der Waals surface area contributed by atoms with E-state index in [1.807, 2.05) is 62.4 Å². The van der Waals surface area contributed by atoms with Crippen LogP contribution >= 0.6 is 0 Å². The number of nitrogens with one attached hydrogen (secondary N) is 1. The van der Waals surface area contributed by atoms with E-state index < -0.39 is 12.1 Å². The van der Waals surface area contributed by atoms with Crippen molar-refractivity contribution in [2.75, 3.05) is 6.61 Å². The van der Waals surface area contributed by atoms with Crippen molar-refractivity contribution in [3.05, 3.63) is 89.6 Å². The molecule has 1 N–H and O–H groups in total. The lowest BCUT2D eigenvalue weighted by Crippen LogP contribution is -2.52. The van der Waals surface area contributed by atoms with Gasteiger partial charge in [-0.05, 0) is 49.2 Å². The summed E-state index contributed by atoms with van der Waals surface area (Å²) in [6.07, 6.45) is 1.89. The minimum Gasteiger partial charge on any atom is -0.490 e. The van der Waals surface area contributed by atoms with Gasteiger partial charge >= 0.3 is 0 Å². The number of furan rings is 2. The standard InChI is InChI=1S/C27H26N2O5/c1-3-32-22-11-6-10-19-15-24(34-25(19)22)17(2)28-26(30)21-14-18-8-4-5-9-20(18)16-29(21)27(31)23-12-7-13-33-23/h4-13,15,17,21H,3,14,16H2,1-2H3,(H,28,30). The average Bonchev–Trinajstić information content (AvgIpc) is 3.54. The number of carbonyl (C=O) groups excluding carboxylic acids is 2. The van der Waals surface area contributed by atoms with Gasteiger partial charge in [0.05, 0.1) is 18.9 Å². The number of nitrogens with zero attached hydrogens (tertiary/aromatic N) is 1. The predicted octanol–water partition coefficient (Wildman–Crippen LogP) is 4.87. The summed E-state index contributed by atoms with van der Waals surface area (Å²) in [6.45, 7) is 4.66. The van der Waals surface area contributed by atoms with Crippen LogP contribution in [0.15, 0.2) is 75.8 Å². The number of hydrogen-bond donors (Lipinski definition) is 1. The maximum absolute atomic E-state index is 13.5. The largest absolute Gasteiger partial charge is 0.490 e. The summed E-state index contributed by atoms with van der Waals surface area (Å²) in [5.74, 6) is 0.954. The Kier molecular flexibility index (Phi) is 5.84. The van der Waals surface area contributed by atoms with E-state index in [0.29, 0.717) is 36.7 Å². The number of rotatable bonds is 6. The number of para-hydroxylation sites is 1. The zero-order chi connectivity index (χ0) is 23.7. The number of amides is 2. The lowest BCUT2D eigenvalue weighted by Gasteiger charge is -2.36. The van der Waals surface area contributed by atoms with E-state index in [9.17, 15) is 9.59 Å². The first kappa shape index (κ1) is 21.8. The molecule has 2 unspecified atom stereocenters. The molecule has 0 spiro atoms. The predicted molar refractivity (Wildman–Crippen MR) is 126 cm³/mol. The lowest BCUT2D eigenvalue weighted by atomic mass is 9.93. The molecule has 5 rings (SSSR count). The summed E-state index contributed by atoms with van der Waals surface area (Å²) >= 11 is 0. The molecule has 0 bridgehead atoms. The van der Waals surface area contributed by atoms with Gasteiger partial charge in [0.15, 0.2) is 17.1 Å². The molecule has 1 aliphatic heterocycles. The zero-order valence-corrected chi connectivity index (χ0v) is 19.1. The van der Waals surface area contributed by atoms with E-state index in [-0.39, 0.29) is 17.6 Å². The second kappa shape index (κ2) is 9.09. The van der Waals surface area contributed by atoms with E-state index in [2.05, 4.69) is 5.32 Å². The minimum absolute atomic E-state index is 0.214. The van der Waals surface area contributed by atoms with Crippen molar-refractivity contribution < 1.29 is 23.2 Å². The highest BCUT2D eigenvalue weighted by atomic mass is 16.5. The number of benzene rings is 2. The number of ether oxygens (including phenoxy) is 1. The van der Waals surface area contributed by atoms with E-state index in [0.717, 1.165) is 16.5 Å². The summed E-state index contributed by atoms with van der Waals surface area (Å²) in [6, 6.07) is 17.7. The Hall–Kier alpha value is -4.00. The van der Waals surface area contributed by atoms with Crippen LogP contribution in [0.4, 0.5) is 0 Å². The van der Waals surface area contributed by atoms with Crippen molar-refractivity contribution in [3.8, 4) is 5.75 Å². The molecule has 1 aliphatic rings.